The second-order valence-electron chi connectivity index (χ2n) is 7.23. The number of hydrogen-bond donors (Lipinski definition) is 0. The third kappa shape index (κ3) is 6.19. The van der Waals surface area contributed by atoms with E-state index in [4.69, 9.17) is 14.2 Å². The summed E-state index contributed by atoms with van der Waals surface area (Å²) < 4.78 is 16.1. The Labute approximate surface area is 162 Å². The van der Waals surface area contributed by atoms with Gasteiger partial charge in [0.1, 0.15) is 5.75 Å². The van der Waals surface area contributed by atoms with E-state index in [1.54, 1.807) is 7.11 Å². The molecule has 1 aromatic rings. The average Bonchev–Trinajstić information content (AvgIpc) is 2.74. The van der Waals surface area contributed by atoms with Crippen LogP contribution in [0.1, 0.15) is 24.8 Å². The number of carbonyl (C=O) groups is 1. The zero-order valence-electron chi connectivity index (χ0n) is 16.4. The van der Waals surface area contributed by atoms with E-state index >= 15 is 0 Å². The highest BCUT2D eigenvalue weighted by Crippen LogP contribution is 2.18. The van der Waals surface area contributed by atoms with Gasteiger partial charge in [-0.25, -0.2) is 0 Å². The van der Waals surface area contributed by atoms with Gasteiger partial charge in [0.25, 0.3) is 0 Å². The molecule has 3 rings (SSSR count). The van der Waals surface area contributed by atoms with Gasteiger partial charge in [0.15, 0.2) is 0 Å². The van der Waals surface area contributed by atoms with Gasteiger partial charge in [-0.05, 0) is 37.0 Å². The van der Waals surface area contributed by atoms with E-state index in [1.807, 2.05) is 24.3 Å². The molecule has 0 radical (unpaired) electrons. The molecule has 6 nitrogen and oxygen atoms in total. The van der Waals surface area contributed by atoms with Crippen LogP contribution in [0.25, 0.3) is 0 Å². The van der Waals surface area contributed by atoms with Crippen molar-refractivity contribution < 1.29 is 19.0 Å². The second-order valence-corrected chi connectivity index (χ2v) is 7.23. The highest BCUT2D eigenvalue weighted by molar-refractivity contribution is 5.76. The average molecular weight is 376 g/mol. The molecule has 2 aliphatic rings. The maximum absolute atomic E-state index is 13.0. The monoisotopic (exact) mass is 376 g/mol. The SMILES string of the molecule is COc1ccc(CCC(=O)N(CCN2CCOCC2)C2CCOCC2)cc1. The Balaban J connectivity index is 1.55. The molecule has 150 valence electrons. The Hall–Kier alpha value is -1.63. The first-order chi connectivity index (χ1) is 13.3. The van der Waals surface area contributed by atoms with Crippen molar-refractivity contribution in [3.63, 3.8) is 0 Å². The van der Waals surface area contributed by atoms with Crippen LogP contribution < -0.4 is 4.74 Å². The minimum absolute atomic E-state index is 0.256. The molecule has 2 fully saturated rings. The quantitative estimate of drug-likeness (QED) is 0.694. The van der Waals surface area contributed by atoms with Gasteiger partial charge in [-0.15, -0.1) is 0 Å². The van der Waals surface area contributed by atoms with Crippen LogP contribution in [0.15, 0.2) is 24.3 Å². The molecule has 0 aromatic heterocycles. The lowest BCUT2D eigenvalue weighted by atomic mass is 10.0. The van der Waals surface area contributed by atoms with E-state index in [-0.39, 0.29) is 5.91 Å². The molecule has 2 heterocycles. The Morgan fingerprint density at radius 2 is 1.78 bits per heavy atom. The Morgan fingerprint density at radius 3 is 2.44 bits per heavy atom. The van der Waals surface area contributed by atoms with Crippen molar-refractivity contribution in [2.45, 2.75) is 31.7 Å². The number of aryl methyl sites for hydroxylation is 1. The number of rotatable bonds is 8. The van der Waals surface area contributed by atoms with E-state index in [1.165, 1.54) is 5.56 Å². The first-order valence-corrected chi connectivity index (χ1v) is 10.1. The molecule has 2 aliphatic heterocycles. The highest BCUT2D eigenvalue weighted by Gasteiger charge is 2.26. The van der Waals surface area contributed by atoms with Gasteiger partial charge in [0.2, 0.25) is 5.91 Å². The predicted octanol–water partition coefficient (Wildman–Crippen LogP) is 1.97. The van der Waals surface area contributed by atoms with E-state index in [0.717, 1.165) is 77.6 Å². The van der Waals surface area contributed by atoms with Crippen LogP contribution in [-0.2, 0) is 20.7 Å². The third-order valence-corrected chi connectivity index (χ3v) is 5.50. The summed E-state index contributed by atoms with van der Waals surface area (Å²) in [5.74, 6) is 1.10. The highest BCUT2D eigenvalue weighted by atomic mass is 16.5. The van der Waals surface area contributed by atoms with Crippen LogP contribution in [0, 0.1) is 0 Å². The second kappa shape index (κ2) is 10.6. The van der Waals surface area contributed by atoms with Crippen molar-refractivity contribution >= 4 is 5.91 Å². The number of methoxy groups -OCH3 is 1. The van der Waals surface area contributed by atoms with Crippen LogP contribution in [0.5, 0.6) is 5.75 Å². The number of amides is 1. The molecule has 0 unspecified atom stereocenters. The van der Waals surface area contributed by atoms with E-state index in [2.05, 4.69) is 9.80 Å². The van der Waals surface area contributed by atoms with Gasteiger partial charge in [-0.3, -0.25) is 9.69 Å². The molecular formula is C21H32N2O4. The number of hydrogen-bond acceptors (Lipinski definition) is 5. The van der Waals surface area contributed by atoms with Gasteiger partial charge in [-0.2, -0.15) is 0 Å². The summed E-state index contributed by atoms with van der Waals surface area (Å²) in [5, 5.41) is 0. The molecular weight excluding hydrogens is 344 g/mol. The van der Waals surface area contributed by atoms with Gasteiger partial charge in [0.05, 0.1) is 20.3 Å². The number of morpholine rings is 1. The van der Waals surface area contributed by atoms with Crippen LogP contribution in [0.2, 0.25) is 0 Å². The largest absolute Gasteiger partial charge is 0.497 e. The topological polar surface area (TPSA) is 51.2 Å². The van der Waals surface area contributed by atoms with E-state index in [9.17, 15) is 4.79 Å². The van der Waals surface area contributed by atoms with Crippen molar-refractivity contribution in [2.75, 3.05) is 59.7 Å². The summed E-state index contributed by atoms with van der Waals surface area (Å²) in [6, 6.07) is 8.29. The fourth-order valence-corrected chi connectivity index (χ4v) is 3.77. The molecule has 2 saturated heterocycles. The van der Waals surface area contributed by atoms with Crippen LogP contribution >= 0.6 is 0 Å². The first-order valence-electron chi connectivity index (χ1n) is 10.1. The maximum Gasteiger partial charge on any atom is 0.223 e. The fraction of sp³-hybridized carbons (Fsp3) is 0.667. The van der Waals surface area contributed by atoms with Crippen LogP contribution in [-0.4, -0.2) is 81.5 Å². The lowest BCUT2D eigenvalue weighted by Gasteiger charge is -2.36. The fourth-order valence-electron chi connectivity index (χ4n) is 3.77. The molecule has 27 heavy (non-hydrogen) atoms. The third-order valence-electron chi connectivity index (χ3n) is 5.50. The molecule has 0 saturated carbocycles. The maximum atomic E-state index is 13.0. The lowest BCUT2D eigenvalue weighted by molar-refractivity contribution is -0.135. The Kier molecular flexibility index (Phi) is 7.93. The summed E-state index contributed by atoms with van der Waals surface area (Å²) in [5.41, 5.74) is 1.17. The van der Waals surface area contributed by atoms with Gasteiger partial charge in [-0.1, -0.05) is 12.1 Å². The van der Waals surface area contributed by atoms with Crippen molar-refractivity contribution in [1.29, 1.82) is 0 Å². The van der Waals surface area contributed by atoms with Gasteiger partial charge < -0.3 is 19.1 Å². The molecule has 0 aliphatic carbocycles. The first kappa shape index (κ1) is 20.1. The summed E-state index contributed by atoms with van der Waals surface area (Å²) >= 11 is 0. The lowest BCUT2D eigenvalue weighted by Crippen LogP contribution is -2.48. The zero-order valence-corrected chi connectivity index (χ0v) is 16.4. The molecule has 0 spiro atoms. The predicted molar refractivity (Wildman–Crippen MR) is 104 cm³/mol. The molecule has 6 heteroatoms. The van der Waals surface area contributed by atoms with Crippen molar-refractivity contribution in [3.05, 3.63) is 29.8 Å². The molecule has 0 bridgehead atoms. The van der Waals surface area contributed by atoms with Crippen LogP contribution in [0.3, 0.4) is 0 Å². The summed E-state index contributed by atoms with van der Waals surface area (Å²) in [7, 11) is 1.67. The van der Waals surface area contributed by atoms with E-state index in [0.29, 0.717) is 12.5 Å². The Morgan fingerprint density at radius 1 is 1.11 bits per heavy atom. The number of benzene rings is 1. The molecule has 0 atom stereocenters. The minimum Gasteiger partial charge on any atom is -0.497 e. The normalized spacial score (nSPS) is 19.0. The molecule has 1 aromatic carbocycles. The number of carbonyl (C=O) groups excluding carboxylic acids is 1. The van der Waals surface area contributed by atoms with Crippen LogP contribution in [0.4, 0.5) is 0 Å². The molecule has 0 N–H and O–H groups in total. The van der Waals surface area contributed by atoms with E-state index < -0.39 is 0 Å². The summed E-state index contributed by atoms with van der Waals surface area (Å²) in [6.45, 7) is 6.74. The van der Waals surface area contributed by atoms with Crippen molar-refractivity contribution in [3.8, 4) is 5.75 Å². The van der Waals surface area contributed by atoms with Gasteiger partial charge >= 0.3 is 0 Å². The summed E-state index contributed by atoms with van der Waals surface area (Å²) in [4.78, 5) is 17.5. The number of nitrogens with zero attached hydrogens (tertiary/aromatic N) is 2. The van der Waals surface area contributed by atoms with Crippen molar-refractivity contribution in [1.82, 2.24) is 9.80 Å². The summed E-state index contributed by atoms with van der Waals surface area (Å²) in [6.07, 6.45) is 3.20. The molecule has 1 amide bonds. The van der Waals surface area contributed by atoms with Crippen molar-refractivity contribution in [2.24, 2.45) is 0 Å². The Bertz CT molecular complexity index is 566. The smallest absolute Gasteiger partial charge is 0.223 e. The minimum atomic E-state index is 0.256. The number of ether oxygens (including phenoxy) is 3. The van der Waals surface area contributed by atoms with Gasteiger partial charge in [0, 0.05) is 51.9 Å². The standard InChI is InChI=1S/C21H32N2O4/c1-25-20-5-2-18(3-6-20)4-7-21(24)23(19-8-14-26-15-9-19)11-10-22-12-16-27-17-13-22/h2-3,5-6,19H,4,7-17H2,1H3. The zero-order chi connectivity index (χ0) is 18.9.